The zero-order valence-electron chi connectivity index (χ0n) is 9.68. The molecule has 0 aliphatic rings. The Labute approximate surface area is 111 Å². The molecule has 0 bridgehead atoms. The standard InChI is InChI=1S/C11H9ClF3NO3/c1-2-19-10(18)9(17)16-8-4-6(11(13,14)15)3-7(12)5-8/h3-5H,2H2,1H3,(H,16,17). The summed E-state index contributed by atoms with van der Waals surface area (Å²) in [5, 5.41) is 1.77. The summed E-state index contributed by atoms with van der Waals surface area (Å²) in [5.41, 5.74) is -1.27. The van der Waals surface area contributed by atoms with Crippen LogP contribution in [0.5, 0.6) is 0 Å². The van der Waals surface area contributed by atoms with Crippen LogP contribution in [0.2, 0.25) is 5.02 Å². The molecule has 8 heteroatoms. The molecule has 1 amide bonds. The quantitative estimate of drug-likeness (QED) is 0.674. The van der Waals surface area contributed by atoms with Crippen molar-refractivity contribution in [3.63, 3.8) is 0 Å². The lowest BCUT2D eigenvalue weighted by Gasteiger charge is -2.10. The number of carbonyl (C=O) groups excluding carboxylic acids is 2. The predicted octanol–water partition coefficient (Wildman–Crippen LogP) is 2.86. The fraction of sp³-hybridized carbons (Fsp3) is 0.273. The van der Waals surface area contributed by atoms with Gasteiger partial charge in [0.25, 0.3) is 0 Å². The van der Waals surface area contributed by atoms with Crippen LogP contribution in [0.25, 0.3) is 0 Å². The normalized spacial score (nSPS) is 11.0. The van der Waals surface area contributed by atoms with Gasteiger partial charge in [0.15, 0.2) is 0 Å². The molecule has 0 aromatic heterocycles. The van der Waals surface area contributed by atoms with Crippen LogP contribution in [0.15, 0.2) is 18.2 Å². The second-order valence-corrected chi connectivity index (χ2v) is 3.84. The fourth-order valence-electron chi connectivity index (χ4n) is 1.20. The molecule has 0 aliphatic heterocycles. The van der Waals surface area contributed by atoms with Crippen molar-refractivity contribution in [2.24, 2.45) is 0 Å². The Kier molecular flexibility index (Phi) is 4.77. The first-order valence-electron chi connectivity index (χ1n) is 5.10. The molecule has 0 fully saturated rings. The number of esters is 1. The smallest absolute Gasteiger partial charge is 0.416 e. The molecule has 0 radical (unpaired) electrons. The molecule has 0 aliphatic carbocycles. The van der Waals surface area contributed by atoms with Gasteiger partial charge < -0.3 is 10.1 Å². The number of carbonyl (C=O) groups is 2. The van der Waals surface area contributed by atoms with Crippen LogP contribution < -0.4 is 5.32 Å². The maximum absolute atomic E-state index is 12.5. The third-order valence-electron chi connectivity index (χ3n) is 1.94. The Bertz CT molecular complexity index is 502. The number of hydrogen-bond acceptors (Lipinski definition) is 3. The Morgan fingerprint density at radius 3 is 2.47 bits per heavy atom. The summed E-state index contributed by atoms with van der Waals surface area (Å²) in [6.07, 6.45) is -4.60. The van der Waals surface area contributed by atoms with Crippen molar-refractivity contribution in [3.05, 3.63) is 28.8 Å². The summed E-state index contributed by atoms with van der Waals surface area (Å²) in [6, 6.07) is 2.47. The molecule has 19 heavy (non-hydrogen) atoms. The summed E-state index contributed by atoms with van der Waals surface area (Å²) in [7, 11) is 0. The summed E-state index contributed by atoms with van der Waals surface area (Å²) >= 11 is 5.51. The van der Waals surface area contributed by atoms with Gasteiger partial charge in [-0.05, 0) is 25.1 Å². The minimum absolute atomic E-state index is 0.0183. The van der Waals surface area contributed by atoms with E-state index in [2.05, 4.69) is 4.74 Å². The molecule has 1 aromatic carbocycles. The van der Waals surface area contributed by atoms with Crippen molar-refractivity contribution < 1.29 is 27.5 Å². The van der Waals surface area contributed by atoms with E-state index < -0.39 is 23.6 Å². The SMILES string of the molecule is CCOC(=O)C(=O)Nc1cc(Cl)cc(C(F)(F)F)c1. The zero-order valence-corrected chi connectivity index (χ0v) is 10.4. The van der Waals surface area contributed by atoms with Crippen LogP contribution in [0.3, 0.4) is 0 Å². The van der Waals surface area contributed by atoms with E-state index in [4.69, 9.17) is 11.6 Å². The molecule has 0 heterocycles. The fourth-order valence-corrected chi connectivity index (χ4v) is 1.44. The van der Waals surface area contributed by atoms with E-state index in [9.17, 15) is 22.8 Å². The van der Waals surface area contributed by atoms with E-state index in [0.717, 1.165) is 6.07 Å². The van der Waals surface area contributed by atoms with Gasteiger partial charge in [0.05, 0.1) is 12.2 Å². The van der Waals surface area contributed by atoms with E-state index >= 15 is 0 Å². The number of nitrogens with one attached hydrogen (secondary N) is 1. The van der Waals surface area contributed by atoms with Crippen molar-refractivity contribution in [1.29, 1.82) is 0 Å². The molecule has 0 atom stereocenters. The summed E-state index contributed by atoms with van der Waals surface area (Å²) in [6.45, 7) is 1.47. The second kappa shape index (κ2) is 5.92. The average Bonchev–Trinajstić information content (AvgIpc) is 2.27. The van der Waals surface area contributed by atoms with Gasteiger partial charge in [-0.3, -0.25) is 4.79 Å². The molecule has 1 aromatic rings. The Balaban J connectivity index is 2.93. The highest BCUT2D eigenvalue weighted by Crippen LogP contribution is 2.33. The van der Waals surface area contributed by atoms with Gasteiger partial charge in [0.2, 0.25) is 0 Å². The number of halogens is 4. The van der Waals surface area contributed by atoms with Gasteiger partial charge in [0, 0.05) is 10.7 Å². The summed E-state index contributed by atoms with van der Waals surface area (Å²) in [4.78, 5) is 22.3. The van der Waals surface area contributed by atoms with Crippen LogP contribution >= 0.6 is 11.6 Å². The highest BCUT2D eigenvalue weighted by Gasteiger charge is 2.31. The molecular formula is C11H9ClF3NO3. The lowest BCUT2D eigenvalue weighted by atomic mass is 10.2. The van der Waals surface area contributed by atoms with Crippen LogP contribution in [0.4, 0.5) is 18.9 Å². The average molecular weight is 296 g/mol. The predicted molar refractivity (Wildman–Crippen MR) is 61.7 cm³/mol. The van der Waals surface area contributed by atoms with E-state index in [1.807, 2.05) is 5.32 Å². The number of alkyl halides is 3. The Hall–Kier alpha value is -1.76. The van der Waals surface area contributed by atoms with E-state index in [1.54, 1.807) is 0 Å². The van der Waals surface area contributed by atoms with Crippen LogP contribution in [-0.2, 0) is 20.5 Å². The largest absolute Gasteiger partial charge is 0.459 e. The van der Waals surface area contributed by atoms with E-state index in [0.29, 0.717) is 12.1 Å². The molecule has 4 nitrogen and oxygen atoms in total. The van der Waals surface area contributed by atoms with Gasteiger partial charge in [-0.25, -0.2) is 4.79 Å². The van der Waals surface area contributed by atoms with Crippen LogP contribution in [-0.4, -0.2) is 18.5 Å². The number of amides is 1. The first-order valence-corrected chi connectivity index (χ1v) is 5.47. The highest BCUT2D eigenvalue weighted by atomic mass is 35.5. The van der Waals surface area contributed by atoms with Crippen molar-refractivity contribution in [2.75, 3.05) is 11.9 Å². The van der Waals surface area contributed by atoms with Gasteiger partial charge in [-0.15, -0.1) is 0 Å². The maximum atomic E-state index is 12.5. The van der Waals surface area contributed by atoms with Gasteiger partial charge in [-0.1, -0.05) is 11.6 Å². The van der Waals surface area contributed by atoms with Crippen molar-refractivity contribution in [3.8, 4) is 0 Å². The van der Waals surface area contributed by atoms with E-state index in [1.165, 1.54) is 6.92 Å². The number of ether oxygens (including phenoxy) is 1. The van der Waals surface area contributed by atoms with Gasteiger partial charge in [0.1, 0.15) is 0 Å². The second-order valence-electron chi connectivity index (χ2n) is 3.40. The zero-order chi connectivity index (χ0) is 14.6. The molecule has 0 unspecified atom stereocenters. The van der Waals surface area contributed by atoms with Crippen molar-refractivity contribution >= 4 is 29.2 Å². The maximum Gasteiger partial charge on any atom is 0.416 e. The first kappa shape index (κ1) is 15.3. The minimum atomic E-state index is -4.60. The Morgan fingerprint density at radius 2 is 1.95 bits per heavy atom. The first-order chi connectivity index (χ1) is 8.74. The summed E-state index contributed by atoms with van der Waals surface area (Å²) in [5.74, 6) is -2.35. The third kappa shape index (κ3) is 4.44. The molecule has 1 N–H and O–H groups in total. The van der Waals surface area contributed by atoms with Crippen LogP contribution in [0.1, 0.15) is 12.5 Å². The lowest BCUT2D eigenvalue weighted by molar-refractivity contribution is -0.152. The van der Waals surface area contributed by atoms with E-state index in [-0.39, 0.29) is 17.3 Å². The molecule has 0 saturated heterocycles. The molecule has 104 valence electrons. The molecule has 1 rings (SSSR count). The molecular weight excluding hydrogens is 287 g/mol. The molecule has 0 saturated carbocycles. The number of hydrogen-bond donors (Lipinski definition) is 1. The number of rotatable bonds is 2. The molecule has 0 spiro atoms. The summed E-state index contributed by atoms with van der Waals surface area (Å²) < 4.78 is 41.9. The van der Waals surface area contributed by atoms with Gasteiger partial charge >= 0.3 is 18.1 Å². The topological polar surface area (TPSA) is 55.4 Å². The number of benzene rings is 1. The highest BCUT2D eigenvalue weighted by molar-refractivity contribution is 6.37. The van der Waals surface area contributed by atoms with Crippen molar-refractivity contribution in [1.82, 2.24) is 0 Å². The van der Waals surface area contributed by atoms with Gasteiger partial charge in [-0.2, -0.15) is 13.2 Å². The number of anilines is 1. The van der Waals surface area contributed by atoms with Crippen molar-refractivity contribution in [2.45, 2.75) is 13.1 Å². The van der Waals surface area contributed by atoms with Crippen LogP contribution in [0, 0.1) is 0 Å². The lowest BCUT2D eigenvalue weighted by Crippen LogP contribution is -2.25. The third-order valence-corrected chi connectivity index (χ3v) is 2.16. The monoisotopic (exact) mass is 295 g/mol. The minimum Gasteiger partial charge on any atom is -0.459 e. The Morgan fingerprint density at radius 1 is 1.32 bits per heavy atom.